The van der Waals surface area contributed by atoms with Gasteiger partial charge in [-0.3, -0.25) is 10.1 Å². The SMILES string of the molecule is CC1CCCN(S(=O)(=O)c2ccc(C(=O)Nc3nnc(-c4ccc(F)cc4F)o3)cc2)C1. The molecule has 168 valence electrons. The Labute approximate surface area is 183 Å². The van der Waals surface area contributed by atoms with Gasteiger partial charge in [0.25, 0.3) is 11.8 Å². The Morgan fingerprint density at radius 2 is 1.91 bits per heavy atom. The summed E-state index contributed by atoms with van der Waals surface area (Å²) in [5, 5.41) is 9.66. The van der Waals surface area contributed by atoms with Crippen molar-refractivity contribution in [3.63, 3.8) is 0 Å². The number of halogens is 2. The molecule has 1 N–H and O–H groups in total. The first-order valence-corrected chi connectivity index (χ1v) is 11.4. The average molecular weight is 462 g/mol. The van der Waals surface area contributed by atoms with Crippen molar-refractivity contribution < 1.29 is 26.4 Å². The molecular formula is C21H20F2N4O4S. The predicted molar refractivity (Wildman–Crippen MR) is 111 cm³/mol. The molecule has 1 atom stereocenters. The molecule has 3 aromatic rings. The van der Waals surface area contributed by atoms with Gasteiger partial charge in [0, 0.05) is 24.7 Å². The van der Waals surface area contributed by atoms with E-state index in [1.165, 1.54) is 28.6 Å². The van der Waals surface area contributed by atoms with Gasteiger partial charge in [-0.05, 0) is 55.2 Å². The van der Waals surface area contributed by atoms with Crippen LogP contribution in [-0.4, -0.2) is 41.9 Å². The van der Waals surface area contributed by atoms with Crippen molar-refractivity contribution in [3.05, 3.63) is 59.7 Å². The van der Waals surface area contributed by atoms with E-state index < -0.39 is 27.6 Å². The second-order valence-electron chi connectivity index (χ2n) is 7.63. The van der Waals surface area contributed by atoms with Crippen LogP contribution in [0.15, 0.2) is 51.8 Å². The van der Waals surface area contributed by atoms with E-state index in [-0.39, 0.29) is 27.9 Å². The maximum Gasteiger partial charge on any atom is 0.322 e. The van der Waals surface area contributed by atoms with Crippen LogP contribution in [0.2, 0.25) is 0 Å². The number of aromatic nitrogens is 2. The number of nitrogens with zero attached hydrogens (tertiary/aromatic N) is 3. The number of rotatable bonds is 5. The van der Waals surface area contributed by atoms with Crippen molar-refractivity contribution in [1.82, 2.24) is 14.5 Å². The molecule has 32 heavy (non-hydrogen) atoms. The monoisotopic (exact) mass is 462 g/mol. The van der Waals surface area contributed by atoms with Crippen molar-refractivity contribution in [3.8, 4) is 11.5 Å². The van der Waals surface area contributed by atoms with Crippen molar-refractivity contribution in [2.75, 3.05) is 18.4 Å². The minimum absolute atomic E-state index is 0.106. The third-order valence-corrected chi connectivity index (χ3v) is 7.06. The predicted octanol–water partition coefficient (Wildman–Crippen LogP) is 3.69. The van der Waals surface area contributed by atoms with E-state index in [0.29, 0.717) is 25.1 Å². The van der Waals surface area contributed by atoms with Gasteiger partial charge in [-0.2, -0.15) is 4.31 Å². The summed E-state index contributed by atoms with van der Waals surface area (Å²) >= 11 is 0. The summed E-state index contributed by atoms with van der Waals surface area (Å²) in [6.07, 6.45) is 1.81. The third-order valence-electron chi connectivity index (χ3n) is 5.18. The van der Waals surface area contributed by atoms with Crippen LogP contribution in [0, 0.1) is 17.6 Å². The molecule has 2 heterocycles. The fourth-order valence-electron chi connectivity index (χ4n) is 3.51. The minimum Gasteiger partial charge on any atom is -0.403 e. The zero-order valence-corrected chi connectivity index (χ0v) is 17.9. The highest BCUT2D eigenvalue weighted by molar-refractivity contribution is 7.89. The zero-order chi connectivity index (χ0) is 22.9. The molecule has 0 saturated carbocycles. The van der Waals surface area contributed by atoms with Crippen LogP contribution in [-0.2, 0) is 10.0 Å². The van der Waals surface area contributed by atoms with Crippen molar-refractivity contribution in [1.29, 1.82) is 0 Å². The molecule has 1 aliphatic heterocycles. The Kier molecular flexibility index (Phi) is 6.02. The molecule has 1 unspecified atom stereocenters. The summed E-state index contributed by atoms with van der Waals surface area (Å²) < 4.78 is 59.3. The van der Waals surface area contributed by atoms with Crippen LogP contribution in [0.3, 0.4) is 0 Å². The van der Waals surface area contributed by atoms with Crippen LogP contribution in [0.5, 0.6) is 0 Å². The summed E-state index contributed by atoms with van der Waals surface area (Å²) in [4.78, 5) is 12.6. The van der Waals surface area contributed by atoms with Crippen LogP contribution in [0.4, 0.5) is 14.8 Å². The molecule has 4 rings (SSSR count). The Morgan fingerprint density at radius 3 is 2.59 bits per heavy atom. The number of piperidine rings is 1. The molecule has 0 spiro atoms. The maximum absolute atomic E-state index is 13.9. The zero-order valence-electron chi connectivity index (χ0n) is 17.1. The number of hydrogen-bond acceptors (Lipinski definition) is 6. The smallest absolute Gasteiger partial charge is 0.322 e. The van der Waals surface area contributed by atoms with Crippen LogP contribution >= 0.6 is 0 Å². The van der Waals surface area contributed by atoms with Crippen LogP contribution < -0.4 is 5.32 Å². The first-order valence-electron chi connectivity index (χ1n) is 9.94. The molecular weight excluding hydrogens is 442 g/mol. The number of sulfonamides is 1. The topological polar surface area (TPSA) is 105 Å². The lowest BCUT2D eigenvalue weighted by Crippen LogP contribution is -2.39. The Hall–Kier alpha value is -3.18. The first kappa shape index (κ1) is 22.0. The Morgan fingerprint density at radius 1 is 1.16 bits per heavy atom. The first-order chi connectivity index (χ1) is 15.2. The number of hydrogen-bond donors (Lipinski definition) is 1. The summed E-state index contributed by atoms with van der Waals surface area (Å²) in [5.41, 5.74) is 0.0599. The highest BCUT2D eigenvalue weighted by Gasteiger charge is 2.28. The normalized spacial score (nSPS) is 17.3. The van der Waals surface area contributed by atoms with Gasteiger partial charge in [-0.1, -0.05) is 12.0 Å². The van der Waals surface area contributed by atoms with Gasteiger partial charge in [0.2, 0.25) is 10.0 Å². The van der Waals surface area contributed by atoms with Crippen LogP contribution in [0.25, 0.3) is 11.5 Å². The second-order valence-corrected chi connectivity index (χ2v) is 9.56. The molecule has 2 aromatic carbocycles. The number of carbonyl (C=O) groups excluding carboxylic acids is 1. The summed E-state index contributed by atoms with van der Waals surface area (Å²) in [5.74, 6) is -2.18. The lowest BCUT2D eigenvalue weighted by atomic mass is 10.0. The van der Waals surface area contributed by atoms with Gasteiger partial charge in [0.1, 0.15) is 11.6 Å². The minimum atomic E-state index is -3.63. The second kappa shape index (κ2) is 8.75. The lowest BCUT2D eigenvalue weighted by Gasteiger charge is -2.30. The fourth-order valence-corrected chi connectivity index (χ4v) is 5.11. The quantitative estimate of drug-likeness (QED) is 0.620. The molecule has 1 aromatic heterocycles. The summed E-state index contributed by atoms with van der Waals surface area (Å²) in [7, 11) is -3.63. The molecule has 11 heteroatoms. The van der Waals surface area contributed by atoms with Gasteiger partial charge in [0.05, 0.1) is 10.5 Å². The van der Waals surface area contributed by atoms with Gasteiger partial charge in [-0.25, -0.2) is 17.2 Å². The number of nitrogens with one attached hydrogen (secondary N) is 1. The highest BCUT2D eigenvalue weighted by Crippen LogP contribution is 2.25. The van der Waals surface area contributed by atoms with E-state index >= 15 is 0 Å². The maximum atomic E-state index is 13.9. The highest BCUT2D eigenvalue weighted by atomic mass is 32.2. The third kappa shape index (κ3) is 4.53. The van der Waals surface area contributed by atoms with E-state index in [1.807, 2.05) is 6.92 Å². The van der Waals surface area contributed by atoms with E-state index in [9.17, 15) is 22.0 Å². The van der Waals surface area contributed by atoms with E-state index in [0.717, 1.165) is 25.0 Å². The Bertz CT molecular complexity index is 1240. The van der Waals surface area contributed by atoms with Crippen LogP contribution in [0.1, 0.15) is 30.1 Å². The molecule has 0 aliphatic carbocycles. The Balaban J connectivity index is 1.46. The molecule has 0 radical (unpaired) electrons. The molecule has 1 fully saturated rings. The van der Waals surface area contributed by atoms with Gasteiger partial charge in [-0.15, -0.1) is 5.10 Å². The molecule has 1 amide bonds. The van der Waals surface area contributed by atoms with E-state index in [2.05, 4.69) is 15.5 Å². The van der Waals surface area contributed by atoms with Gasteiger partial charge >= 0.3 is 6.01 Å². The summed E-state index contributed by atoms with van der Waals surface area (Å²) in [6, 6.07) is 8.09. The number of benzene rings is 2. The fraction of sp³-hybridized carbons (Fsp3) is 0.286. The van der Waals surface area contributed by atoms with E-state index in [4.69, 9.17) is 4.42 Å². The number of carbonyl (C=O) groups is 1. The van der Waals surface area contributed by atoms with Gasteiger partial charge in [0.15, 0.2) is 0 Å². The standard InChI is InChI=1S/C21H20F2N4O4S/c1-13-3-2-10-27(12-13)32(29,30)16-7-4-14(5-8-16)19(28)24-21-26-25-20(31-21)17-9-6-15(22)11-18(17)23/h4-9,11,13H,2-3,10,12H2,1H3,(H,24,26,28). The van der Waals surface area contributed by atoms with Crippen molar-refractivity contribution in [2.24, 2.45) is 5.92 Å². The number of anilines is 1. The number of amides is 1. The van der Waals surface area contributed by atoms with Gasteiger partial charge < -0.3 is 4.42 Å². The molecule has 0 bridgehead atoms. The largest absolute Gasteiger partial charge is 0.403 e. The molecule has 1 aliphatic rings. The molecule has 8 nitrogen and oxygen atoms in total. The molecule has 1 saturated heterocycles. The summed E-state index contributed by atoms with van der Waals surface area (Å²) in [6.45, 7) is 2.96. The average Bonchev–Trinajstić information content (AvgIpc) is 3.22. The van der Waals surface area contributed by atoms with E-state index in [1.54, 1.807) is 0 Å². The van der Waals surface area contributed by atoms with Crippen molar-refractivity contribution in [2.45, 2.75) is 24.7 Å². The van der Waals surface area contributed by atoms with Crippen molar-refractivity contribution >= 4 is 21.9 Å². The lowest BCUT2D eigenvalue weighted by molar-refractivity contribution is 0.102.